The molecule has 2 heteroatoms. The van der Waals surface area contributed by atoms with Gasteiger partial charge >= 0.3 is 0 Å². The molecule has 2 aromatic carbocycles. The van der Waals surface area contributed by atoms with Crippen molar-refractivity contribution in [2.75, 3.05) is 13.6 Å². The average molecular weight is 281 g/mol. The Hall–Kier alpha value is -2.09. The minimum Gasteiger partial charge on any atom is -0.345 e. The third kappa shape index (κ3) is 3.94. The number of nitrogens with zero attached hydrogens (tertiary/aromatic N) is 1. The van der Waals surface area contributed by atoms with Crippen LogP contribution >= 0.6 is 0 Å². The highest BCUT2D eigenvalue weighted by Gasteiger charge is 2.25. The molecule has 0 aliphatic rings. The van der Waals surface area contributed by atoms with E-state index in [1.165, 1.54) is 0 Å². The van der Waals surface area contributed by atoms with E-state index in [0.717, 1.165) is 30.5 Å². The van der Waals surface area contributed by atoms with Crippen molar-refractivity contribution in [1.29, 1.82) is 0 Å². The predicted octanol–water partition coefficient (Wildman–Crippen LogP) is 4.08. The number of hydrogen-bond acceptors (Lipinski definition) is 1. The quantitative estimate of drug-likeness (QED) is 0.781. The van der Waals surface area contributed by atoms with Crippen LogP contribution in [0.4, 0.5) is 0 Å². The largest absolute Gasteiger partial charge is 0.345 e. The zero-order valence-electron chi connectivity index (χ0n) is 12.8. The summed E-state index contributed by atoms with van der Waals surface area (Å²) < 4.78 is 0. The summed E-state index contributed by atoms with van der Waals surface area (Å²) >= 11 is 0. The lowest BCUT2D eigenvalue weighted by molar-refractivity contribution is -0.130. The minimum absolute atomic E-state index is 0.167. The fourth-order valence-electron chi connectivity index (χ4n) is 2.49. The molecule has 0 spiro atoms. The van der Waals surface area contributed by atoms with Gasteiger partial charge in [0.1, 0.15) is 0 Å². The molecule has 2 aromatic rings. The van der Waals surface area contributed by atoms with E-state index in [2.05, 4.69) is 6.92 Å². The monoisotopic (exact) mass is 281 g/mol. The molecule has 110 valence electrons. The van der Waals surface area contributed by atoms with E-state index in [1.54, 1.807) is 0 Å². The van der Waals surface area contributed by atoms with Crippen molar-refractivity contribution in [2.45, 2.75) is 25.7 Å². The Morgan fingerprint density at radius 2 is 1.43 bits per heavy atom. The van der Waals surface area contributed by atoms with Crippen molar-refractivity contribution in [3.05, 3.63) is 71.8 Å². The van der Waals surface area contributed by atoms with E-state index in [-0.39, 0.29) is 11.8 Å². The summed E-state index contributed by atoms with van der Waals surface area (Å²) in [6.07, 6.45) is 2.14. The molecule has 0 bridgehead atoms. The second kappa shape index (κ2) is 7.63. The summed E-state index contributed by atoms with van der Waals surface area (Å²) in [6, 6.07) is 20.1. The Labute approximate surface area is 127 Å². The minimum atomic E-state index is -0.214. The SMILES string of the molecule is CCCCN(C)C(=O)C(c1ccccc1)c1ccccc1. The molecule has 0 N–H and O–H groups in total. The number of likely N-dealkylation sites (N-methyl/N-ethyl adjacent to an activating group) is 1. The Balaban J connectivity index is 2.31. The first-order chi connectivity index (χ1) is 10.2. The Kier molecular flexibility index (Phi) is 5.56. The van der Waals surface area contributed by atoms with Crippen LogP contribution in [0, 0.1) is 0 Å². The molecule has 0 aliphatic heterocycles. The van der Waals surface area contributed by atoms with E-state index in [9.17, 15) is 4.79 Å². The lowest BCUT2D eigenvalue weighted by Gasteiger charge is -2.24. The molecule has 0 saturated heterocycles. The molecule has 0 radical (unpaired) electrons. The first-order valence-corrected chi connectivity index (χ1v) is 7.59. The van der Waals surface area contributed by atoms with E-state index in [1.807, 2.05) is 72.6 Å². The molecule has 0 atom stereocenters. The first kappa shape index (κ1) is 15.3. The molecule has 1 amide bonds. The molecule has 0 unspecified atom stereocenters. The number of carbonyl (C=O) groups is 1. The van der Waals surface area contributed by atoms with Crippen LogP contribution in [0.3, 0.4) is 0 Å². The van der Waals surface area contributed by atoms with Crippen LogP contribution in [-0.2, 0) is 4.79 Å². The van der Waals surface area contributed by atoms with Crippen molar-refractivity contribution in [3.63, 3.8) is 0 Å². The summed E-state index contributed by atoms with van der Waals surface area (Å²) in [7, 11) is 1.90. The van der Waals surface area contributed by atoms with Gasteiger partial charge in [-0.3, -0.25) is 4.79 Å². The molecule has 0 aliphatic carbocycles. The van der Waals surface area contributed by atoms with Gasteiger partial charge in [0.2, 0.25) is 5.91 Å². The van der Waals surface area contributed by atoms with Gasteiger partial charge in [0, 0.05) is 13.6 Å². The molecule has 0 heterocycles. The molecule has 2 rings (SSSR count). The number of amides is 1. The van der Waals surface area contributed by atoms with E-state index in [0.29, 0.717) is 0 Å². The highest BCUT2D eigenvalue weighted by Crippen LogP contribution is 2.26. The highest BCUT2D eigenvalue weighted by molar-refractivity contribution is 5.87. The summed E-state index contributed by atoms with van der Waals surface area (Å²) in [4.78, 5) is 14.7. The van der Waals surface area contributed by atoms with Gasteiger partial charge in [-0.15, -0.1) is 0 Å². The normalized spacial score (nSPS) is 10.6. The molecule has 21 heavy (non-hydrogen) atoms. The predicted molar refractivity (Wildman–Crippen MR) is 87.3 cm³/mol. The summed E-state index contributed by atoms with van der Waals surface area (Å²) in [6.45, 7) is 2.95. The first-order valence-electron chi connectivity index (χ1n) is 7.59. The maximum Gasteiger partial charge on any atom is 0.234 e. The van der Waals surface area contributed by atoms with E-state index in [4.69, 9.17) is 0 Å². The summed E-state index contributed by atoms with van der Waals surface area (Å²) in [5.74, 6) is -0.0462. The summed E-state index contributed by atoms with van der Waals surface area (Å²) in [5.41, 5.74) is 2.11. The summed E-state index contributed by atoms with van der Waals surface area (Å²) in [5, 5.41) is 0. The molecule has 0 fully saturated rings. The fourth-order valence-corrected chi connectivity index (χ4v) is 2.49. The zero-order valence-corrected chi connectivity index (χ0v) is 12.8. The van der Waals surface area contributed by atoms with Gasteiger partial charge in [-0.2, -0.15) is 0 Å². The maximum absolute atomic E-state index is 12.9. The third-order valence-corrected chi connectivity index (χ3v) is 3.74. The van der Waals surface area contributed by atoms with Crippen LogP contribution in [0.1, 0.15) is 36.8 Å². The van der Waals surface area contributed by atoms with Crippen LogP contribution in [0.25, 0.3) is 0 Å². The highest BCUT2D eigenvalue weighted by atomic mass is 16.2. The standard InChI is InChI=1S/C19H23NO/c1-3-4-15-20(2)19(21)18(16-11-7-5-8-12-16)17-13-9-6-10-14-17/h5-14,18H,3-4,15H2,1-2H3. The smallest absolute Gasteiger partial charge is 0.234 e. The number of unbranched alkanes of at least 4 members (excludes halogenated alkanes) is 1. The van der Waals surface area contributed by atoms with E-state index >= 15 is 0 Å². The van der Waals surface area contributed by atoms with Crippen molar-refractivity contribution < 1.29 is 4.79 Å². The third-order valence-electron chi connectivity index (χ3n) is 3.74. The van der Waals surface area contributed by atoms with Crippen LogP contribution < -0.4 is 0 Å². The van der Waals surface area contributed by atoms with Crippen LogP contribution in [0.5, 0.6) is 0 Å². The van der Waals surface area contributed by atoms with Gasteiger partial charge in [0.25, 0.3) is 0 Å². The topological polar surface area (TPSA) is 20.3 Å². The number of hydrogen-bond donors (Lipinski definition) is 0. The van der Waals surface area contributed by atoms with Crippen molar-refractivity contribution >= 4 is 5.91 Å². The van der Waals surface area contributed by atoms with Crippen LogP contribution in [0.15, 0.2) is 60.7 Å². The average Bonchev–Trinajstić information content (AvgIpc) is 2.54. The second-order valence-corrected chi connectivity index (χ2v) is 5.37. The van der Waals surface area contributed by atoms with Gasteiger partial charge < -0.3 is 4.90 Å². The molecule has 0 saturated carbocycles. The van der Waals surface area contributed by atoms with Gasteiger partial charge in [0.05, 0.1) is 5.92 Å². The van der Waals surface area contributed by atoms with Gasteiger partial charge in [0.15, 0.2) is 0 Å². The lowest BCUT2D eigenvalue weighted by Crippen LogP contribution is -2.33. The molecule has 2 nitrogen and oxygen atoms in total. The number of rotatable bonds is 6. The van der Waals surface area contributed by atoms with Crippen molar-refractivity contribution in [3.8, 4) is 0 Å². The van der Waals surface area contributed by atoms with Crippen LogP contribution in [-0.4, -0.2) is 24.4 Å². The Morgan fingerprint density at radius 1 is 0.952 bits per heavy atom. The lowest BCUT2D eigenvalue weighted by atomic mass is 9.90. The van der Waals surface area contributed by atoms with Gasteiger partial charge in [-0.1, -0.05) is 74.0 Å². The second-order valence-electron chi connectivity index (χ2n) is 5.37. The Bertz CT molecular complexity index is 511. The fraction of sp³-hybridized carbons (Fsp3) is 0.316. The van der Waals surface area contributed by atoms with Crippen molar-refractivity contribution in [1.82, 2.24) is 4.90 Å². The van der Waals surface area contributed by atoms with Gasteiger partial charge in [-0.25, -0.2) is 0 Å². The molecular weight excluding hydrogens is 258 g/mol. The van der Waals surface area contributed by atoms with Crippen LogP contribution in [0.2, 0.25) is 0 Å². The number of carbonyl (C=O) groups excluding carboxylic acids is 1. The van der Waals surface area contributed by atoms with Gasteiger partial charge in [-0.05, 0) is 17.5 Å². The Morgan fingerprint density at radius 3 is 1.86 bits per heavy atom. The number of benzene rings is 2. The van der Waals surface area contributed by atoms with E-state index < -0.39 is 0 Å². The molecular formula is C19H23NO. The van der Waals surface area contributed by atoms with Crippen molar-refractivity contribution in [2.24, 2.45) is 0 Å². The molecule has 0 aromatic heterocycles. The maximum atomic E-state index is 12.9. The zero-order chi connectivity index (χ0) is 15.1.